The molecule has 1 N–H and O–H groups in total. The van der Waals surface area contributed by atoms with E-state index in [9.17, 15) is 13.2 Å². The molecule has 0 saturated carbocycles. The average Bonchev–Trinajstić information content (AvgIpc) is 3.29. The largest absolute Gasteiger partial charge is 0.497 e. The van der Waals surface area contributed by atoms with Crippen LogP contribution in [0.1, 0.15) is 24.4 Å². The van der Waals surface area contributed by atoms with E-state index in [4.69, 9.17) is 4.74 Å². The fourth-order valence-corrected chi connectivity index (χ4v) is 6.30. The third-order valence-electron chi connectivity index (χ3n) is 5.74. The Kier molecular flexibility index (Phi) is 4.56. The number of urea groups is 1. The lowest BCUT2D eigenvalue weighted by Gasteiger charge is -2.33. The number of ether oxygens (including phenoxy) is 1. The number of rotatable bonds is 5. The first-order valence-corrected chi connectivity index (χ1v) is 10.9. The number of nitrogens with one attached hydrogen (secondary N) is 1. The fourth-order valence-electron chi connectivity index (χ4n) is 4.38. The predicted octanol–water partition coefficient (Wildman–Crippen LogP) is 1.02. The van der Waals surface area contributed by atoms with Crippen molar-refractivity contribution in [3.63, 3.8) is 0 Å². The van der Waals surface area contributed by atoms with Crippen molar-refractivity contribution in [1.82, 2.24) is 15.1 Å². The van der Waals surface area contributed by atoms with E-state index in [2.05, 4.69) is 10.2 Å². The molecule has 3 saturated heterocycles. The van der Waals surface area contributed by atoms with E-state index < -0.39 is 9.84 Å². The quantitative estimate of drug-likeness (QED) is 0.773. The number of hydrogen-bond acceptors (Lipinski definition) is 5. The third-order valence-corrected chi connectivity index (χ3v) is 7.46. The third kappa shape index (κ3) is 3.27. The van der Waals surface area contributed by atoms with Gasteiger partial charge in [0.25, 0.3) is 0 Å². The highest BCUT2D eigenvalue weighted by Gasteiger charge is 2.49. The summed E-state index contributed by atoms with van der Waals surface area (Å²) in [6.45, 7) is 2.51. The van der Waals surface area contributed by atoms with Gasteiger partial charge in [0.2, 0.25) is 0 Å². The SMILES string of the molecule is COc1ccc([C@H](CN2C(=O)N[C@@H]3CS(=O)(=O)C[C@H]32)N2CCCC2)cc1. The number of hydrogen-bond donors (Lipinski definition) is 1. The molecule has 2 amide bonds. The first-order valence-electron chi connectivity index (χ1n) is 9.12. The molecule has 26 heavy (non-hydrogen) atoms. The molecule has 1 aromatic rings. The fraction of sp³-hybridized carbons (Fsp3) is 0.611. The molecule has 0 spiro atoms. The minimum absolute atomic E-state index is 0.0524. The maximum absolute atomic E-state index is 12.5. The van der Waals surface area contributed by atoms with Gasteiger partial charge in [-0.15, -0.1) is 0 Å². The Bertz CT molecular complexity index is 774. The van der Waals surface area contributed by atoms with Crippen molar-refractivity contribution in [3.05, 3.63) is 29.8 Å². The Labute approximate surface area is 154 Å². The highest BCUT2D eigenvalue weighted by atomic mass is 32.2. The molecule has 4 rings (SSSR count). The zero-order valence-electron chi connectivity index (χ0n) is 14.9. The van der Waals surface area contributed by atoms with Crippen LogP contribution in [0, 0.1) is 0 Å². The average molecular weight is 379 g/mol. The summed E-state index contributed by atoms with van der Waals surface area (Å²) in [5.74, 6) is 0.914. The Hall–Kier alpha value is -1.80. The van der Waals surface area contributed by atoms with Crippen LogP contribution in [0.2, 0.25) is 0 Å². The Balaban J connectivity index is 1.59. The molecule has 1 aromatic carbocycles. The maximum Gasteiger partial charge on any atom is 0.318 e. The number of likely N-dealkylation sites (tertiary alicyclic amines) is 1. The maximum atomic E-state index is 12.5. The van der Waals surface area contributed by atoms with Crippen LogP contribution in [-0.4, -0.2) is 74.6 Å². The van der Waals surface area contributed by atoms with Gasteiger partial charge in [-0.3, -0.25) is 4.90 Å². The van der Waals surface area contributed by atoms with Crippen LogP contribution in [0.15, 0.2) is 24.3 Å². The van der Waals surface area contributed by atoms with Crippen molar-refractivity contribution in [2.75, 3.05) is 38.2 Å². The molecule has 7 nitrogen and oxygen atoms in total. The van der Waals surface area contributed by atoms with Gasteiger partial charge in [0.1, 0.15) is 5.75 Å². The molecule has 3 aliphatic rings. The Morgan fingerprint density at radius 2 is 1.88 bits per heavy atom. The van der Waals surface area contributed by atoms with E-state index in [1.165, 1.54) is 0 Å². The number of amides is 2. The van der Waals surface area contributed by atoms with Crippen LogP contribution in [0.4, 0.5) is 4.79 Å². The number of sulfone groups is 1. The number of carbonyl (C=O) groups is 1. The molecule has 0 aliphatic carbocycles. The molecular formula is C18H25N3O4S. The molecule has 8 heteroatoms. The summed E-state index contributed by atoms with van der Waals surface area (Å²) in [6, 6.07) is 7.34. The number of fused-ring (bicyclic) bond motifs is 1. The number of benzene rings is 1. The predicted molar refractivity (Wildman–Crippen MR) is 98.0 cm³/mol. The van der Waals surface area contributed by atoms with Gasteiger partial charge in [-0.05, 0) is 43.6 Å². The monoisotopic (exact) mass is 379 g/mol. The second-order valence-corrected chi connectivity index (χ2v) is 9.54. The van der Waals surface area contributed by atoms with E-state index in [0.717, 1.165) is 37.2 Å². The summed E-state index contributed by atoms with van der Waals surface area (Å²) in [5, 5.41) is 2.86. The van der Waals surface area contributed by atoms with Gasteiger partial charge < -0.3 is 15.0 Å². The lowest BCUT2D eigenvalue weighted by atomic mass is 10.0. The second kappa shape index (κ2) is 6.74. The van der Waals surface area contributed by atoms with Crippen molar-refractivity contribution in [2.45, 2.75) is 31.0 Å². The van der Waals surface area contributed by atoms with E-state index in [0.29, 0.717) is 6.54 Å². The normalized spacial score (nSPS) is 28.8. The summed E-state index contributed by atoms with van der Waals surface area (Å²) in [4.78, 5) is 16.6. The summed E-state index contributed by atoms with van der Waals surface area (Å²) < 4.78 is 29.2. The first-order chi connectivity index (χ1) is 12.5. The van der Waals surface area contributed by atoms with E-state index in [1.807, 2.05) is 24.3 Å². The van der Waals surface area contributed by atoms with Crippen molar-refractivity contribution in [2.24, 2.45) is 0 Å². The van der Waals surface area contributed by atoms with Crippen LogP contribution < -0.4 is 10.1 Å². The molecule has 0 radical (unpaired) electrons. The molecule has 3 heterocycles. The zero-order chi connectivity index (χ0) is 18.3. The van der Waals surface area contributed by atoms with Crippen molar-refractivity contribution in [3.8, 4) is 5.75 Å². The van der Waals surface area contributed by atoms with Crippen LogP contribution in [0.25, 0.3) is 0 Å². The van der Waals surface area contributed by atoms with Gasteiger partial charge in [-0.2, -0.15) is 0 Å². The van der Waals surface area contributed by atoms with Gasteiger partial charge in [-0.25, -0.2) is 13.2 Å². The number of methoxy groups -OCH3 is 1. The van der Waals surface area contributed by atoms with E-state index in [1.54, 1.807) is 12.0 Å². The van der Waals surface area contributed by atoms with Gasteiger partial charge in [0, 0.05) is 6.54 Å². The minimum Gasteiger partial charge on any atom is -0.497 e. The first kappa shape index (κ1) is 17.6. The summed E-state index contributed by atoms with van der Waals surface area (Å²) in [7, 11) is -1.44. The molecule has 3 aliphatic heterocycles. The molecule has 0 bridgehead atoms. The van der Waals surface area contributed by atoms with Gasteiger partial charge >= 0.3 is 6.03 Å². The standard InChI is InChI=1S/C18H25N3O4S/c1-25-14-6-4-13(5-7-14)16(20-8-2-3-9-20)10-21-17-12-26(23,24)11-15(17)19-18(21)22/h4-7,15-17H,2-3,8-12H2,1H3,(H,19,22)/t15-,16+,17-/m1/s1. The summed E-state index contributed by atoms with van der Waals surface area (Å²) in [5.41, 5.74) is 1.13. The van der Waals surface area contributed by atoms with Crippen LogP contribution >= 0.6 is 0 Å². The van der Waals surface area contributed by atoms with Gasteiger partial charge in [0.05, 0.1) is 36.7 Å². The molecule has 142 valence electrons. The Morgan fingerprint density at radius 1 is 1.19 bits per heavy atom. The van der Waals surface area contributed by atoms with Crippen molar-refractivity contribution < 1.29 is 17.9 Å². The lowest BCUT2D eigenvalue weighted by Crippen LogP contribution is -2.43. The zero-order valence-corrected chi connectivity index (χ0v) is 15.7. The van der Waals surface area contributed by atoms with Gasteiger partial charge in [-0.1, -0.05) is 12.1 Å². The molecule has 3 fully saturated rings. The highest BCUT2D eigenvalue weighted by molar-refractivity contribution is 7.91. The molecule has 0 unspecified atom stereocenters. The van der Waals surface area contributed by atoms with E-state index in [-0.39, 0.29) is 35.7 Å². The van der Waals surface area contributed by atoms with E-state index >= 15 is 0 Å². The van der Waals surface area contributed by atoms with Crippen molar-refractivity contribution in [1.29, 1.82) is 0 Å². The smallest absolute Gasteiger partial charge is 0.318 e. The topological polar surface area (TPSA) is 79.0 Å². The molecule has 3 atom stereocenters. The van der Waals surface area contributed by atoms with Gasteiger partial charge in [0.15, 0.2) is 9.84 Å². The number of nitrogens with zero attached hydrogens (tertiary/aromatic N) is 2. The molecular weight excluding hydrogens is 354 g/mol. The highest BCUT2D eigenvalue weighted by Crippen LogP contribution is 2.31. The lowest BCUT2D eigenvalue weighted by molar-refractivity contribution is 0.160. The minimum atomic E-state index is -3.08. The second-order valence-electron chi connectivity index (χ2n) is 7.38. The van der Waals surface area contributed by atoms with Crippen LogP contribution in [0.5, 0.6) is 5.75 Å². The van der Waals surface area contributed by atoms with Crippen LogP contribution in [-0.2, 0) is 9.84 Å². The summed E-state index contributed by atoms with van der Waals surface area (Å²) in [6.07, 6.45) is 2.30. The summed E-state index contributed by atoms with van der Waals surface area (Å²) >= 11 is 0. The molecule has 0 aromatic heterocycles. The van der Waals surface area contributed by atoms with Crippen molar-refractivity contribution >= 4 is 15.9 Å². The van der Waals surface area contributed by atoms with Crippen LogP contribution in [0.3, 0.4) is 0 Å². The Morgan fingerprint density at radius 3 is 2.54 bits per heavy atom. The number of carbonyl (C=O) groups excluding carboxylic acids is 1.